The molecule has 1 aromatic carbocycles. The van der Waals surface area contributed by atoms with Gasteiger partial charge in [0.25, 0.3) is 0 Å². The van der Waals surface area contributed by atoms with Crippen molar-refractivity contribution < 1.29 is 4.74 Å². The van der Waals surface area contributed by atoms with E-state index < -0.39 is 0 Å². The Labute approximate surface area is 121 Å². The quantitative estimate of drug-likeness (QED) is 0.859. The standard InChI is InChI=1S/C14H15IN2O/c1-10(16)14(11-5-4-8-17-9-11)18-13-7-3-2-6-12(13)15/h2-10,14H,16H2,1H3. The zero-order valence-corrected chi connectivity index (χ0v) is 12.2. The lowest BCUT2D eigenvalue weighted by molar-refractivity contribution is 0.178. The van der Waals surface area contributed by atoms with Gasteiger partial charge in [-0.15, -0.1) is 0 Å². The van der Waals surface area contributed by atoms with Gasteiger partial charge in [0.05, 0.1) is 3.57 Å². The lowest BCUT2D eigenvalue weighted by atomic mass is 10.1. The fraction of sp³-hybridized carbons (Fsp3) is 0.214. The van der Waals surface area contributed by atoms with Crippen molar-refractivity contribution in [1.29, 1.82) is 0 Å². The summed E-state index contributed by atoms with van der Waals surface area (Å²) in [7, 11) is 0. The van der Waals surface area contributed by atoms with Crippen molar-refractivity contribution in [2.75, 3.05) is 0 Å². The molecule has 0 bridgehead atoms. The number of rotatable bonds is 4. The van der Waals surface area contributed by atoms with Gasteiger partial charge >= 0.3 is 0 Å². The van der Waals surface area contributed by atoms with E-state index in [4.69, 9.17) is 10.5 Å². The monoisotopic (exact) mass is 354 g/mol. The van der Waals surface area contributed by atoms with Crippen LogP contribution in [0.2, 0.25) is 0 Å². The maximum atomic E-state index is 6.02. The number of ether oxygens (including phenoxy) is 1. The molecule has 0 spiro atoms. The van der Waals surface area contributed by atoms with Gasteiger partial charge in [-0.2, -0.15) is 0 Å². The van der Waals surface area contributed by atoms with Crippen LogP contribution in [0, 0.1) is 3.57 Å². The van der Waals surface area contributed by atoms with Gasteiger partial charge < -0.3 is 10.5 Å². The highest BCUT2D eigenvalue weighted by molar-refractivity contribution is 14.1. The molecule has 94 valence electrons. The number of halogens is 1. The van der Waals surface area contributed by atoms with Crippen molar-refractivity contribution in [3.63, 3.8) is 0 Å². The third-order valence-corrected chi connectivity index (χ3v) is 3.47. The first kappa shape index (κ1) is 13.3. The van der Waals surface area contributed by atoms with Gasteiger partial charge in [0, 0.05) is 24.0 Å². The summed E-state index contributed by atoms with van der Waals surface area (Å²) in [6.07, 6.45) is 3.35. The van der Waals surface area contributed by atoms with Crippen LogP contribution >= 0.6 is 22.6 Å². The van der Waals surface area contributed by atoms with Gasteiger partial charge in [0.1, 0.15) is 11.9 Å². The van der Waals surface area contributed by atoms with E-state index >= 15 is 0 Å². The van der Waals surface area contributed by atoms with Crippen LogP contribution in [0.3, 0.4) is 0 Å². The molecule has 2 unspecified atom stereocenters. The highest BCUT2D eigenvalue weighted by atomic mass is 127. The van der Waals surface area contributed by atoms with Crippen LogP contribution in [0.25, 0.3) is 0 Å². The molecule has 0 fully saturated rings. The van der Waals surface area contributed by atoms with E-state index in [1.165, 1.54) is 0 Å². The minimum Gasteiger partial charge on any atom is -0.483 e. The van der Waals surface area contributed by atoms with Crippen LogP contribution in [0.1, 0.15) is 18.6 Å². The Morgan fingerprint density at radius 2 is 2.00 bits per heavy atom. The Balaban J connectivity index is 2.26. The van der Waals surface area contributed by atoms with Crippen LogP contribution in [0.5, 0.6) is 5.75 Å². The van der Waals surface area contributed by atoms with Crippen LogP contribution in [-0.4, -0.2) is 11.0 Å². The number of nitrogens with zero attached hydrogens (tertiary/aromatic N) is 1. The number of hydrogen-bond donors (Lipinski definition) is 1. The molecule has 1 heterocycles. The van der Waals surface area contributed by atoms with Gasteiger partial charge in [0.15, 0.2) is 0 Å². The molecule has 0 aliphatic carbocycles. The highest BCUT2D eigenvalue weighted by Crippen LogP contribution is 2.27. The second kappa shape index (κ2) is 6.15. The van der Waals surface area contributed by atoms with Crippen LogP contribution in [0.4, 0.5) is 0 Å². The summed E-state index contributed by atoms with van der Waals surface area (Å²) in [5.41, 5.74) is 7.00. The molecule has 4 heteroatoms. The fourth-order valence-corrected chi connectivity index (χ4v) is 2.21. The maximum absolute atomic E-state index is 6.02. The second-order valence-corrected chi connectivity index (χ2v) is 5.28. The van der Waals surface area contributed by atoms with E-state index in [9.17, 15) is 0 Å². The Morgan fingerprint density at radius 3 is 2.61 bits per heavy atom. The summed E-state index contributed by atoms with van der Waals surface area (Å²) in [4.78, 5) is 4.11. The normalized spacial score (nSPS) is 13.9. The van der Waals surface area contributed by atoms with E-state index in [0.29, 0.717) is 0 Å². The van der Waals surface area contributed by atoms with Crippen LogP contribution in [0.15, 0.2) is 48.8 Å². The third-order valence-electron chi connectivity index (χ3n) is 2.58. The number of hydrogen-bond acceptors (Lipinski definition) is 3. The second-order valence-electron chi connectivity index (χ2n) is 4.11. The summed E-state index contributed by atoms with van der Waals surface area (Å²) in [6, 6.07) is 11.7. The smallest absolute Gasteiger partial charge is 0.140 e. The van der Waals surface area contributed by atoms with Gasteiger partial charge in [-0.1, -0.05) is 18.2 Å². The Kier molecular flexibility index (Phi) is 4.54. The van der Waals surface area contributed by atoms with Gasteiger partial charge in [-0.3, -0.25) is 4.98 Å². The fourth-order valence-electron chi connectivity index (χ4n) is 1.70. The molecule has 0 radical (unpaired) electrons. The summed E-state index contributed by atoms with van der Waals surface area (Å²) in [6.45, 7) is 1.94. The maximum Gasteiger partial charge on any atom is 0.140 e. The minimum atomic E-state index is -0.186. The molecule has 2 aromatic rings. The van der Waals surface area contributed by atoms with E-state index in [2.05, 4.69) is 27.6 Å². The Bertz CT molecular complexity index is 502. The Hall–Kier alpha value is -1.14. The van der Waals surface area contributed by atoms with Crippen LogP contribution in [-0.2, 0) is 0 Å². The van der Waals surface area contributed by atoms with Crippen molar-refractivity contribution in [1.82, 2.24) is 4.98 Å². The van der Waals surface area contributed by atoms with E-state index in [-0.39, 0.29) is 12.1 Å². The van der Waals surface area contributed by atoms with Gasteiger partial charge in [0.2, 0.25) is 0 Å². The SMILES string of the molecule is CC(N)C(Oc1ccccc1I)c1cccnc1. The first-order chi connectivity index (χ1) is 8.68. The number of benzene rings is 1. The predicted molar refractivity (Wildman–Crippen MR) is 80.4 cm³/mol. The van der Waals surface area contributed by atoms with E-state index in [0.717, 1.165) is 14.9 Å². The lowest BCUT2D eigenvalue weighted by Crippen LogP contribution is -2.29. The molecule has 1 aromatic heterocycles. The molecule has 2 atom stereocenters. The summed E-state index contributed by atoms with van der Waals surface area (Å²) in [5.74, 6) is 0.851. The zero-order chi connectivity index (χ0) is 13.0. The predicted octanol–water partition coefficient (Wildman–Crippen LogP) is 3.15. The van der Waals surface area contributed by atoms with Gasteiger partial charge in [-0.25, -0.2) is 0 Å². The highest BCUT2D eigenvalue weighted by Gasteiger charge is 2.19. The molecule has 0 aliphatic heterocycles. The minimum absolute atomic E-state index is 0.106. The van der Waals surface area contributed by atoms with E-state index in [1.54, 1.807) is 12.4 Å². The molecule has 0 saturated carbocycles. The van der Waals surface area contributed by atoms with Crippen molar-refractivity contribution in [3.8, 4) is 5.75 Å². The third kappa shape index (κ3) is 3.20. The number of pyridine rings is 1. The van der Waals surface area contributed by atoms with Gasteiger partial charge in [-0.05, 0) is 47.7 Å². The number of nitrogens with two attached hydrogens (primary N) is 1. The molecule has 0 saturated heterocycles. The average Bonchev–Trinajstić information content (AvgIpc) is 2.38. The van der Waals surface area contributed by atoms with Crippen molar-refractivity contribution in [3.05, 3.63) is 57.9 Å². The van der Waals surface area contributed by atoms with Crippen molar-refractivity contribution in [2.45, 2.75) is 19.1 Å². The summed E-state index contributed by atoms with van der Waals surface area (Å²) < 4.78 is 7.09. The number of aromatic nitrogens is 1. The molecule has 2 N–H and O–H groups in total. The Morgan fingerprint density at radius 1 is 1.22 bits per heavy atom. The number of para-hydroxylation sites is 1. The van der Waals surface area contributed by atoms with Crippen LogP contribution < -0.4 is 10.5 Å². The summed E-state index contributed by atoms with van der Waals surface area (Å²) in [5, 5.41) is 0. The van der Waals surface area contributed by atoms with E-state index in [1.807, 2.05) is 43.3 Å². The average molecular weight is 354 g/mol. The molecule has 2 rings (SSSR count). The largest absolute Gasteiger partial charge is 0.483 e. The summed E-state index contributed by atoms with van der Waals surface area (Å²) >= 11 is 2.26. The first-order valence-electron chi connectivity index (χ1n) is 5.75. The topological polar surface area (TPSA) is 48.1 Å². The molecule has 3 nitrogen and oxygen atoms in total. The molecule has 0 amide bonds. The molecule has 18 heavy (non-hydrogen) atoms. The lowest BCUT2D eigenvalue weighted by Gasteiger charge is -2.23. The molecule has 0 aliphatic rings. The first-order valence-corrected chi connectivity index (χ1v) is 6.83. The zero-order valence-electron chi connectivity index (χ0n) is 10.1. The molecular weight excluding hydrogens is 339 g/mol. The molecular formula is C14H15IN2O. The van der Waals surface area contributed by atoms with Crippen molar-refractivity contribution in [2.24, 2.45) is 5.73 Å². The van der Waals surface area contributed by atoms with Crippen molar-refractivity contribution >= 4 is 22.6 Å².